The Labute approximate surface area is 108 Å². The molecule has 2 aliphatic rings. The van der Waals surface area contributed by atoms with Crippen molar-refractivity contribution in [3.8, 4) is 0 Å². The summed E-state index contributed by atoms with van der Waals surface area (Å²) in [6.45, 7) is 0.840. The van der Waals surface area contributed by atoms with Crippen LogP contribution in [0, 0.1) is 5.82 Å². The van der Waals surface area contributed by atoms with Crippen molar-refractivity contribution < 1.29 is 9.13 Å². The predicted octanol–water partition coefficient (Wildman–Crippen LogP) is 3.19. The molecule has 0 heterocycles. The molecular formula is C15H20FNO. The first kappa shape index (κ1) is 12.1. The molecule has 0 saturated heterocycles. The minimum Gasteiger partial charge on any atom is -0.369 e. The summed E-state index contributed by atoms with van der Waals surface area (Å²) in [5.74, 6) is -0.184. The molecule has 1 aromatic rings. The standard InChI is InChI=1S/C15H20FNO/c16-12-6-4-11(5-7-12)15(10-17-13-8-9-13)18-14-2-1-3-14/h4-7,13-15,17H,1-3,8-10H2. The number of ether oxygens (including phenoxy) is 1. The third-order valence-corrected chi connectivity index (χ3v) is 3.82. The fraction of sp³-hybridized carbons (Fsp3) is 0.600. The molecule has 98 valence electrons. The van der Waals surface area contributed by atoms with Crippen LogP contribution in [0.25, 0.3) is 0 Å². The maximum absolute atomic E-state index is 13.0. The van der Waals surface area contributed by atoms with E-state index in [-0.39, 0.29) is 11.9 Å². The number of benzene rings is 1. The van der Waals surface area contributed by atoms with Gasteiger partial charge in [-0.05, 0) is 49.8 Å². The molecule has 2 nitrogen and oxygen atoms in total. The molecule has 3 heteroatoms. The van der Waals surface area contributed by atoms with Gasteiger partial charge in [0.15, 0.2) is 0 Å². The van der Waals surface area contributed by atoms with E-state index in [4.69, 9.17) is 4.74 Å². The van der Waals surface area contributed by atoms with Crippen LogP contribution in [0.3, 0.4) is 0 Å². The van der Waals surface area contributed by atoms with Gasteiger partial charge in [0.2, 0.25) is 0 Å². The normalized spacial score (nSPS) is 21.6. The van der Waals surface area contributed by atoms with Gasteiger partial charge in [-0.15, -0.1) is 0 Å². The van der Waals surface area contributed by atoms with Gasteiger partial charge in [0.1, 0.15) is 5.82 Å². The fourth-order valence-corrected chi connectivity index (χ4v) is 2.22. The first-order chi connectivity index (χ1) is 8.81. The SMILES string of the molecule is Fc1ccc(C(CNC2CC2)OC2CCC2)cc1. The van der Waals surface area contributed by atoms with Crippen LogP contribution in [0.4, 0.5) is 4.39 Å². The second-order valence-corrected chi connectivity index (χ2v) is 5.41. The third kappa shape index (κ3) is 3.09. The first-order valence-electron chi connectivity index (χ1n) is 6.95. The van der Waals surface area contributed by atoms with E-state index in [1.54, 1.807) is 0 Å². The highest BCUT2D eigenvalue weighted by atomic mass is 19.1. The van der Waals surface area contributed by atoms with Crippen LogP contribution < -0.4 is 5.32 Å². The van der Waals surface area contributed by atoms with Crippen LogP contribution >= 0.6 is 0 Å². The number of halogens is 1. The molecule has 0 bridgehead atoms. The minimum absolute atomic E-state index is 0.0662. The van der Waals surface area contributed by atoms with Crippen LogP contribution in [0.1, 0.15) is 43.8 Å². The summed E-state index contributed by atoms with van der Waals surface area (Å²) >= 11 is 0. The molecule has 0 amide bonds. The van der Waals surface area contributed by atoms with Crippen molar-refractivity contribution in [2.75, 3.05) is 6.54 Å². The summed E-state index contributed by atoms with van der Waals surface area (Å²) < 4.78 is 19.1. The molecule has 2 aliphatic carbocycles. The van der Waals surface area contributed by atoms with Crippen LogP contribution in [-0.2, 0) is 4.74 Å². The Kier molecular flexibility index (Phi) is 3.62. The Balaban J connectivity index is 1.63. The average molecular weight is 249 g/mol. The smallest absolute Gasteiger partial charge is 0.123 e. The van der Waals surface area contributed by atoms with E-state index in [0.717, 1.165) is 12.1 Å². The monoisotopic (exact) mass is 249 g/mol. The molecule has 1 aromatic carbocycles. The van der Waals surface area contributed by atoms with Gasteiger partial charge in [0.05, 0.1) is 12.2 Å². The predicted molar refractivity (Wildman–Crippen MR) is 68.9 cm³/mol. The van der Waals surface area contributed by atoms with Gasteiger partial charge >= 0.3 is 0 Å². The van der Waals surface area contributed by atoms with Crippen molar-refractivity contribution in [1.82, 2.24) is 5.32 Å². The lowest BCUT2D eigenvalue weighted by molar-refractivity contribution is -0.0521. The molecule has 1 N–H and O–H groups in total. The average Bonchev–Trinajstić information content (AvgIpc) is 3.12. The molecular weight excluding hydrogens is 229 g/mol. The maximum Gasteiger partial charge on any atom is 0.123 e. The molecule has 0 spiro atoms. The third-order valence-electron chi connectivity index (χ3n) is 3.82. The summed E-state index contributed by atoms with van der Waals surface area (Å²) in [4.78, 5) is 0. The molecule has 1 unspecified atom stereocenters. The molecule has 0 aliphatic heterocycles. The maximum atomic E-state index is 13.0. The van der Waals surface area contributed by atoms with Gasteiger partial charge in [-0.3, -0.25) is 0 Å². The molecule has 18 heavy (non-hydrogen) atoms. The highest BCUT2D eigenvalue weighted by Crippen LogP contribution is 2.29. The van der Waals surface area contributed by atoms with Gasteiger partial charge in [-0.2, -0.15) is 0 Å². The molecule has 1 atom stereocenters. The Hall–Kier alpha value is -0.930. The van der Waals surface area contributed by atoms with E-state index in [2.05, 4.69) is 5.32 Å². The Bertz CT molecular complexity index is 384. The van der Waals surface area contributed by atoms with Crippen molar-refractivity contribution in [2.45, 2.75) is 50.4 Å². The van der Waals surface area contributed by atoms with E-state index in [1.165, 1.54) is 44.2 Å². The lowest BCUT2D eigenvalue weighted by Gasteiger charge is -2.31. The zero-order chi connectivity index (χ0) is 12.4. The largest absolute Gasteiger partial charge is 0.369 e. The van der Waals surface area contributed by atoms with E-state index < -0.39 is 0 Å². The van der Waals surface area contributed by atoms with Crippen LogP contribution in [0.2, 0.25) is 0 Å². The van der Waals surface area contributed by atoms with Gasteiger partial charge in [0.25, 0.3) is 0 Å². The highest BCUT2D eigenvalue weighted by Gasteiger charge is 2.26. The van der Waals surface area contributed by atoms with E-state index in [1.807, 2.05) is 12.1 Å². The van der Waals surface area contributed by atoms with E-state index >= 15 is 0 Å². The van der Waals surface area contributed by atoms with Crippen LogP contribution in [-0.4, -0.2) is 18.7 Å². The lowest BCUT2D eigenvalue weighted by atomic mass is 9.95. The molecule has 0 aromatic heterocycles. The molecule has 2 fully saturated rings. The van der Waals surface area contributed by atoms with E-state index in [9.17, 15) is 4.39 Å². The first-order valence-corrected chi connectivity index (χ1v) is 6.95. The van der Waals surface area contributed by atoms with Crippen molar-refractivity contribution in [1.29, 1.82) is 0 Å². The van der Waals surface area contributed by atoms with Gasteiger partial charge in [-0.25, -0.2) is 4.39 Å². The number of hydrogen-bond donors (Lipinski definition) is 1. The van der Waals surface area contributed by atoms with Gasteiger partial charge in [-0.1, -0.05) is 12.1 Å². The lowest BCUT2D eigenvalue weighted by Crippen LogP contribution is -2.31. The summed E-state index contributed by atoms with van der Waals surface area (Å²) in [6.07, 6.45) is 6.63. The molecule has 3 rings (SSSR count). The Morgan fingerprint density at radius 3 is 2.44 bits per heavy atom. The number of hydrogen-bond acceptors (Lipinski definition) is 2. The summed E-state index contributed by atoms with van der Waals surface area (Å²) in [5.41, 5.74) is 1.08. The highest BCUT2D eigenvalue weighted by molar-refractivity contribution is 5.19. The second kappa shape index (κ2) is 5.37. The second-order valence-electron chi connectivity index (χ2n) is 5.41. The quantitative estimate of drug-likeness (QED) is 0.836. The summed E-state index contributed by atoms with van der Waals surface area (Å²) in [7, 11) is 0. The van der Waals surface area contributed by atoms with Crippen molar-refractivity contribution in [3.63, 3.8) is 0 Å². The van der Waals surface area contributed by atoms with Gasteiger partial charge in [0, 0.05) is 12.6 Å². The minimum atomic E-state index is -0.184. The van der Waals surface area contributed by atoms with Crippen LogP contribution in [0.5, 0.6) is 0 Å². The number of rotatable bonds is 6. The van der Waals surface area contributed by atoms with Crippen molar-refractivity contribution >= 4 is 0 Å². The number of nitrogens with one attached hydrogen (secondary N) is 1. The fourth-order valence-electron chi connectivity index (χ4n) is 2.22. The van der Waals surface area contributed by atoms with Crippen molar-refractivity contribution in [2.24, 2.45) is 0 Å². The Morgan fingerprint density at radius 2 is 1.89 bits per heavy atom. The van der Waals surface area contributed by atoms with Gasteiger partial charge < -0.3 is 10.1 Å². The zero-order valence-electron chi connectivity index (χ0n) is 10.6. The molecule has 0 radical (unpaired) electrons. The summed E-state index contributed by atoms with van der Waals surface area (Å²) in [5, 5.41) is 3.50. The van der Waals surface area contributed by atoms with Crippen molar-refractivity contribution in [3.05, 3.63) is 35.6 Å². The van der Waals surface area contributed by atoms with E-state index in [0.29, 0.717) is 12.1 Å². The van der Waals surface area contributed by atoms with Crippen LogP contribution in [0.15, 0.2) is 24.3 Å². The topological polar surface area (TPSA) is 21.3 Å². The zero-order valence-corrected chi connectivity index (χ0v) is 10.6. The molecule has 2 saturated carbocycles. The summed E-state index contributed by atoms with van der Waals surface area (Å²) in [6, 6.07) is 7.39. The Morgan fingerprint density at radius 1 is 1.17 bits per heavy atom.